The van der Waals surface area contributed by atoms with Crippen molar-refractivity contribution in [2.45, 2.75) is 90.8 Å². The number of hydrogen-bond donors (Lipinski definition) is 2. The van der Waals surface area contributed by atoms with Crippen molar-refractivity contribution in [1.29, 1.82) is 0 Å². The molecule has 0 bridgehead atoms. The molecule has 9 unspecified atom stereocenters. The Balaban J connectivity index is 0.000000447. The lowest BCUT2D eigenvalue weighted by Crippen LogP contribution is -2.49. The number of aliphatic hydroxyl groups is 2. The van der Waals surface area contributed by atoms with E-state index in [0.29, 0.717) is 11.3 Å². The third-order valence-electron chi connectivity index (χ3n) is 8.87. The second-order valence-electron chi connectivity index (χ2n) is 9.95. The fourth-order valence-corrected chi connectivity index (χ4v) is 7.66. The molecular formula is C23H42O3. The van der Waals surface area contributed by atoms with Crippen LogP contribution < -0.4 is 0 Å². The zero-order chi connectivity index (χ0) is 18.9. The average molecular weight is 367 g/mol. The highest BCUT2D eigenvalue weighted by atomic mass is 16.5. The lowest BCUT2D eigenvalue weighted by molar-refractivity contribution is -0.0886. The van der Waals surface area contributed by atoms with Crippen LogP contribution in [0.25, 0.3) is 0 Å². The molecule has 9 atom stereocenters. The fraction of sp³-hybridized carbons (Fsp3) is 1.00. The van der Waals surface area contributed by atoms with Crippen molar-refractivity contribution in [3.8, 4) is 0 Å². The van der Waals surface area contributed by atoms with Gasteiger partial charge in [0.2, 0.25) is 0 Å². The summed E-state index contributed by atoms with van der Waals surface area (Å²) in [4.78, 5) is 0. The average Bonchev–Trinajstić information content (AvgIpc) is 2.99. The van der Waals surface area contributed by atoms with Crippen LogP contribution in [0.2, 0.25) is 0 Å². The highest BCUT2D eigenvalue weighted by molar-refractivity contribution is 5.06. The maximum absolute atomic E-state index is 10.2. The summed E-state index contributed by atoms with van der Waals surface area (Å²) in [6, 6.07) is 0. The first-order chi connectivity index (χ1) is 12.4. The molecule has 4 aliphatic carbocycles. The molecule has 4 fully saturated rings. The molecule has 4 rings (SSSR count). The van der Waals surface area contributed by atoms with Gasteiger partial charge in [0.15, 0.2) is 0 Å². The summed E-state index contributed by atoms with van der Waals surface area (Å²) in [5.41, 5.74) is 0.399. The van der Waals surface area contributed by atoms with E-state index in [1.165, 1.54) is 44.9 Å². The predicted octanol–water partition coefficient (Wildman–Crippen LogP) is 4.65. The van der Waals surface area contributed by atoms with Crippen molar-refractivity contribution in [2.75, 3.05) is 13.7 Å². The predicted molar refractivity (Wildman–Crippen MR) is 106 cm³/mol. The smallest absolute Gasteiger partial charge is 0.0545 e. The molecule has 0 heterocycles. The van der Waals surface area contributed by atoms with Crippen LogP contribution in [0.4, 0.5) is 0 Å². The highest BCUT2D eigenvalue weighted by Crippen LogP contribution is 2.64. The van der Waals surface area contributed by atoms with E-state index in [9.17, 15) is 10.2 Å². The first kappa shape index (κ1) is 20.6. The monoisotopic (exact) mass is 366 g/mol. The summed E-state index contributed by atoms with van der Waals surface area (Å²) in [5.74, 6) is 4.94. The molecule has 0 aromatic carbocycles. The number of ether oxygens (including phenoxy) is 1. The van der Waals surface area contributed by atoms with Gasteiger partial charge in [0.25, 0.3) is 0 Å². The van der Waals surface area contributed by atoms with Gasteiger partial charge >= 0.3 is 0 Å². The SMILES string of the molecule is CC(O)C1CCC2C3CCC4CC(O)CCC4C3CCC12C.CCOC. The first-order valence-corrected chi connectivity index (χ1v) is 11.3. The number of hydrogen-bond acceptors (Lipinski definition) is 3. The largest absolute Gasteiger partial charge is 0.393 e. The van der Waals surface area contributed by atoms with Crippen molar-refractivity contribution in [2.24, 2.45) is 40.9 Å². The Morgan fingerprint density at radius 2 is 1.69 bits per heavy atom. The molecule has 4 saturated carbocycles. The van der Waals surface area contributed by atoms with Crippen LogP contribution >= 0.6 is 0 Å². The molecule has 4 aliphatic rings. The van der Waals surface area contributed by atoms with Gasteiger partial charge in [0.05, 0.1) is 12.2 Å². The van der Waals surface area contributed by atoms with Gasteiger partial charge in [-0.1, -0.05) is 6.92 Å². The fourth-order valence-electron chi connectivity index (χ4n) is 7.66. The molecule has 0 aliphatic heterocycles. The summed E-state index contributed by atoms with van der Waals surface area (Å²) in [7, 11) is 1.68. The van der Waals surface area contributed by atoms with Crippen molar-refractivity contribution in [3.05, 3.63) is 0 Å². The van der Waals surface area contributed by atoms with Crippen LogP contribution in [0.5, 0.6) is 0 Å². The van der Waals surface area contributed by atoms with E-state index in [-0.39, 0.29) is 12.2 Å². The van der Waals surface area contributed by atoms with Crippen LogP contribution in [-0.4, -0.2) is 36.1 Å². The molecule has 0 spiro atoms. The van der Waals surface area contributed by atoms with Gasteiger partial charge < -0.3 is 14.9 Å². The van der Waals surface area contributed by atoms with Crippen LogP contribution in [0.15, 0.2) is 0 Å². The number of aliphatic hydroxyl groups excluding tert-OH is 2. The second-order valence-corrected chi connectivity index (χ2v) is 9.95. The van der Waals surface area contributed by atoms with Crippen LogP contribution in [0.1, 0.15) is 78.6 Å². The van der Waals surface area contributed by atoms with E-state index in [1.54, 1.807) is 7.11 Å². The minimum absolute atomic E-state index is 0.0160. The van der Waals surface area contributed by atoms with Crippen LogP contribution in [0.3, 0.4) is 0 Å². The quantitative estimate of drug-likeness (QED) is 0.748. The Labute approximate surface area is 160 Å². The van der Waals surface area contributed by atoms with Crippen molar-refractivity contribution in [3.63, 3.8) is 0 Å². The van der Waals surface area contributed by atoms with Gasteiger partial charge in [0, 0.05) is 13.7 Å². The Morgan fingerprint density at radius 1 is 1.00 bits per heavy atom. The zero-order valence-corrected chi connectivity index (χ0v) is 17.5. The van der Waals surface area contributed by atoms with Crippen LogP contribution in [0, 0.1) is 40.9 Å². The molecule has 0 radical (unpaired) electrons. The number of rotatable bonds is 2. The minimum atomic E-state index is -0.132. The summed E-state index contributed by atoms with van der Waals surface area (Å²) in [6.07, 6.45) is 11.3. The Bertz CT molecular complexity index is 449. The third kappa shape index (κ3) is 3.73. The van der Waals surface area contributed by atoms with Gasteiger partial charge in [-0.15, -0.1) is 0 Å². The van der Waals surface area contributed by atoms with Gasteiger partial charge in [-0.25, -0.2) is 0 Å². The molecule has 0 aromatic heterocycles. The Kier molecular flexibility index (Phi) is 6.73. The summed E-state index contributed by atoms with van der Waals surface area (Å²) < 4.78 is 4.54. The van der Waals surface area contributed by atoms with E-state index >= 15 is 0 Å². The molecule has 152 valence electrons. The molecule has 0 saturated heterocycles. The summed E-state index contributed by atoms with van der Waals surface area (Å²) in [6.45, 7) is 7.29. The van der Waals surface area contributed by atoms with E-state index in [2.05, 4.69) is 11.7 Å². The maximum Gasteiger partial charge on any atom is 0.0545 e. The van der Waals surface area contributed by atoms with Gasteiger partial charge in [-0.3, -0.25) is 0 Å². The lowest BCUT2D eigenvalue weighted by Gasteiger charge is -2.56. The van der Waals surface area contributed by atoms with E-state index in [1.807, 2.05) is 13.8 Å². The zero-order valence-electron chi connectivity index (χ0n) is 17.5. The molecule has 2 N–H and O–H groups in total. The van der Waals surface area contributed by atoms with Crippen molar-refractivity contribution < 1.29 is 14.9 Å². The Morgan fingerprint density at radius 3 is 2.35 bits per heavy atom. The summed E-state index contributed by atoms with van der Waals surface area (Å²) >= 11 is 0. The standard InChI is InChI=1S/C20H34O2.C3H8O/c1-12(21)18-7-8-19-17-5-3-13-11-14(22)4-6-15(13)16(17)9-10-20(18,19)2;1-3-4-2/h12-19,21-22H,3-11H2,1-2H3;3H2,1-2H3. The third-order valence-corrected chi connectivity index (χ3v) is 8.87. The minimum Gasteiger partial charge on any atom is -0.393 e. The topological polar surface area (TPSA) is 49.7 Å². The van der Waals surface area contributed by atoms with Crippen molar-refractivity contribution >= 4 is 0 Å². The number of fused-ring (bicyclic) bond motifs is 5. The molecule has 0 amide bonds. The van der Waals surface area contributed by atoms with Gasteiger partial charge in [-0.2, -0.15) is 0 Å². The van der Waals surface area contributed by atoms with Crippen LogP contribution in [-0.2, 0) is 4.74 Å². The molecular weight excluding hydrogens is 324 g/mol. The normalized spacial score (nSPS) is 48.5. The van der Waals surface area contributed by atoms with Gasteiger partial charge in [0.1, 0.15) is 0 Å². The molecule has 26 heavy (non-hydrogen) atoms. The molecule has 3 nitrogen and oxygen atoms in total. The molecule has 3 heteroatoms. The van der Waals surface area contributed by atoms with E-state index in [4.69, 9.17) is 0 Å². The van der Waals surface area contributed by atoms with Crippen molar-refractivity contribution in [1.82, 2.24) is 0 Å². The van der Waals surface area contributed by atoms with E-state index < -0.39 is 0 Å². The van der Waals surface area contributed by atoms with Gasteiger partial charge in [-0.05, 0) is 113 Å². The lowest BCUT2D eigenvalue weighted by atomic mass is 9.49. The second kappa shape index (κ2) is 8.49. The molecule has 0 aromatic rings. The number of methoxy groups -OCH3 is 1. The van der Waals surface area contributed by atoms with E-state index in [0.717, 1.165) is 49.0 Å². The maximum atomic E-state index is 10.2. The highest BCUT2D eigenvalue weighted by Gasteiger charge is 2.57. The Hall–Kier alpha value is -0.120. The first-order valence-electron chi connectivity index (χ1n) is 11.3. The summed E-state index contributed by atoms with van der Waals surface area (Å²) in [5, 5.41) is 20.2.